The number of nitrogens with one attached hydrogen (secondary N) is 4. The number of amides is 4. The number of carboxylic acid groups (broad SMARTS) is 2. The van der Waals surface area contributed by atoms with E-state index in [1.807, 2.05) is 127 Å². The molecule has 0 aromatic rings. The third-order valence-corrected chi connectivity index (χ3v) is 21.7. The molecule has 4 saturated carbocycles. The summed E-state index contributed by atoms with van der Waals surface area (Å²) in [4.78, 5) is 105. The quantitative estimate of drug-likeness (QED) is 0.0317. The van der Waals surface area contributed by atoms with Gasteiger partial charge in [0.15, 0.2) is 23.8 Å². The minimum absolute atomic E-state index is 0.0263. The van der Waals surface area contributed by atoms with Gasteiger partial charge in [0.05, 0.1) is 25.2 Å². The lowest BCUT2D eigenvalue weighted by Crippen LogP contribution is -2.50. The third-order valence-electron chi connectivity index (χ3n) is 21.7. The first-order valence-corrected chi connectivity index (χ1v) is 35.4. The maximum atomic E-state index is 14.0. The van der Waals surface area contributed by atoms with Crippen LogP contribution in [0.15, 0.2) is 130 Å². The molecule has 6 aliphatic rings. The topological polar surface area (TPSA) is 244 Å². The van der Waals surface area contributed by atoms with Crippen molar-refractivity contribution < 1.29 is 58.0 Å². The van der Waals surface area contributed by atoms with Gasteiger partial charge in [-0.15, -0.1) is 0 Å². The molecule has 0 radical (unpaired) electrons. The van der Waals surface area contributed by atoms with Crippen molar-refractivity contribution in [1.82, 2.24) is 21.3 Å². The van der Waals surface area contributed by atoms with Gasteiger partial charge in [0, 0.05) is 44.4 Å². The molecule has 0 aromatic carbocycles. The fraction of sp³-hybridized carbons (Fsp3) is 0.620. The molecule has 4 fully saturated rings. The number of carboxylic acids is 2. The van der Waals surface area contributed by atoms with E-state index in [-0.39, 0.29) is 49.4 Å². The van der Waals surface area contributed by atoms with Crippen molar-refractivity contribution >= 4 is 47.5 Å². The molecule has 0 aliphatic heterocycles. The molecule has 0 bridgehead atoms. The summed E-state index contributed by atoms with van der Waals surface area (Å²) in [5.41, 5.74) is 4.26. The van der Waals surface area contributed by atoms with E-state index in [0.29, 0.717) is 43.6 Å². The number of aliphatic carboxylic acids is 2. The molecule has 6 rings (SSSR count). The first-order chi connectivity index (χ1) is 44.9. The molecular weight excluding hydrogens is 1200 g/mol. The molecule has 6 N–H and O–H groups in total. The standard InChI is InChI=1S/C79H114N4O12/c1-55(30-26-32-57(3)34-36-62-59(5)69(89)64(46-74(62,8)9)94-68(88)50-78(42-22-14-23-43-78)53-82-72(92)80-51-76(48-66(84)85)38-18-12-19-39-76)28-16-17-29-56(2)31-27-33-58(4)35-37-63-60(6)70(90)65(47-75(63,10)11)95-71(91)61(7)79(44-24-15-25-45-79)54-83-73(93)81-52-77(49-67(86)87)40-20-13-21-41-77/h16-17,26-37,61,64-65H,12-15,18-25,38-54H2,1-11H3,(H,84,85)(H,86,87)(H2,80,82,92)(H2,81,83,93)/b17-16+,30-26+,31-27+,36-34+,37-35+,55-28+,56-29+,57-32+,58-33+. The lowest BCUT2D eigenvalue weighted by Gasteiger charge is -2.42. The van der Waals surface area contributed by atoms with Crippen molar-refractivity contribution in [2.75, 3.05) is 26.2 Å². The Balaban J connectivity index is 0.953. The molecule has 16 nitrogen and oxygen atoms in total. The third kappa shape index (κ3) is 23.0. The van der Waals surface area contributed by atoms with Gasteiger partial charge in [-0.05, 0) is 142 Å². The number of carbonyl (C=O) groups excluding carboxylic acids is 6. The van der Waals surface area contributed by atoms with Gasteiger partial charge in [-0.3, -0.25) is 28.8 Å². The van der Waals surface area contributed by atoms with Crippen LogP contribution in [0.3, 0.4) is 0 Å². The van der Waals surface area contributed by atoms with Crippen LogP contribution < -0.4 is 21.3 Å². The maximum absolute atomic E-state index is 14.0. The van der Waals surface area contributed by atoms with Crippen molar-refractivity contribution in [1.29, 1.82) is 0 Å². The average Bonchev–Trinajstić information content (AvgIpc) is 0.802. The van der Waals surface area contributed by atoms with Crippen molar-refractivity contribution in [3.63, 3.8) is 0 Å². The van der Waals surface area contributed by atoms with Crippen LogP contribution in [0.2, 0.25) is 0 Å². The van der Waals surface area contributed by atoms with Gasteiger partial charge in [0.2, 0.25) is 0 Å². The first-order valence-electron chi connectivity index (χ1n) is 35.4. The molecule has 4 amide bonds. The van der Waals surface area contributed by atoms with Gasteiger partial charge in [-0.2, -0.15) is 0 Å². The summed E-state index contributed by atoms with van der Waals surface area (Å²) in [6, 6.07) is -0.717. The minimum atomic E-state index is -0.915. The Kier molecular flexibility index (Phi) is 28.5. The van der Waals surface area contributed by atoms with Crippen molar-refractivity contribution in [2.24, 2.45) is 38.4 Å². The molecule has 3 atom stereocenters. The summed E-state index contributed by atoms with van der Waals surface area (Å²) in [6.45, 7) is 23.0. The average molecular weight is 1310 g/mol. The zero-order valence-corrected chi connectivity index (χ0v) is 59.3. The van der Waals surface area contributed by atoms with Crippen LogP contribution in [0.4, 0.5) is 9.59 Å². The fourth-order valence-electron chi connectivity index (χ4n) is 15.8. The summed E-state index contributed by atoms with van der Waals surface area (Å²) < 4.78 is 12.1. The second-order valence-corrected chi connectivity index (χ2v) is 30.5. The molecule has 16 heteroatoms. The van der Waals surface area contributed by atoms with Crippen LogP contribution in [-0.2, 0) is 38.2 Å². The SMILES string of the molecule is CC1=C(/C=C/C(C)=C/C=C/C(C)=C/C=C/C=C(C)/C=C/C=C(C)/C=C/C2=C(C)C(=O)C(OC(=O)C(C)C3(CNC(=O)NCC4(CC(=O)O)CCCCC4)CCCCC3)CC2(C)C)C(C)(C)CC(OC(=O)CC2(CNC(=O)NCC3(CC(=O)O)CCCCC3)CCCCC2)C1=O. The highest BCUT2D eigenvalue weighted by atomic mass is 16.6. The van der Waals surface area contributed by atoms with Crippen LogP contribution in [0.1, 0.15) is 237 Å². The second kappa shape index (κ2) is 35.2. The van der Waals surface area contributed by atoms with E-state index in [2.05, 4.69) is 49.0 Å². The molecule has 0 aromatic heterocycles. The van der Waals surface area contributed by atoms with Gasteiger partial charge >= 0.3 is 35.9 Å². The highest BCUT2D eigenvalue weighted by Crippen LogP contribution is 2.47. The number of ketones is 2. The Hall–Kier alpha value is -7.10. The lowest BCUT2D eigenvalue weighted by atomic mass is 9.66. The monoisotopic (exact) mass is 1310 g/mol. The van der Waals surface area contributed by atoms with Crippen LogP contribution in [0.25, 0.3) is 0 Å². The highest BCUT2D eigenvalue weighted by Gasteiger charge is 2.47. The van der Waals surface area contributed by atoms with E-state index in [4.69, 9.17) is 9.47 Å². The second-order valence-electron chi connectivity index (χ2n) is 30.5. The predicted molar refractivity (Wildman–Crippen MR) is 376 cm³/mol. The van der Waals surface area contributed by atoms with Gasteiger partial charge in [0.1, 0.15) is 0 Å². The van der Waals surface area contributed by atoms with Crippen molar-refractivity contribution in [3.05, 3.63) is 130 Å². The molecular formula is C79H114N4O12. The number of hydrogen-bond donors (Lipinski definition) is 6. The number of Topliss-reactive ketones (excluding diaryl/α,β-unsaturated/α-hetero) is 2. The molecule has 0 spiro atoms. The molecule has 0 heterocycles. The zero-order valence-electron chi connectivity index (χ0n) is 59.3. The van der Waals surface area contributed by atoms with Crippen molar-refractivity contribution in [2.45, 2.75) is 249 Å². The first kappa shape index (κ1) is 76.9. The number of carbonyl (C=O) groups is 8. The Morgan fingerprint density at radius 3 is 1.17 bits per heavy atom. The fourth-order valence-corrected chi connectivity index (χ4v) is 15.8. The van der Waals surface area contributed by atoms with E-state index >= 15 is 0 Å². The predicted octanol–water partition coefficient (Wildman–Crippen LogP) is 16.4. The van der Waals surface area contributed by atoms with Gasteiger partial charge in [-0.25, -0.2) is 9.59 Å². The van der Waals surface area contributed by atoms with Gasteiger partial charge in [0.25, 0.3) is 0 Å². The normalized spacial score (nSPS) is 23.7. The van der Waals surface area contributed by atoms with Crippen LogP contribution in [0.5, 0.6) is 0 Å². The number of hydrogen-bond acceptors (Lipinski definition) is 10. The number of rotatable bonds is 28. The summed E-state index contributed by atoms with van der Waals surface area (Å²) in [7, 11) is 0. The molecule has 0 saturated heterocycles. The number of allylic oxidation sites excluding steroid dienone is 20. The van der Waals surface area contributed by atoms with E-state index in [1.165, 1.54) is 0 Å². The van der Waals surface area contributed by atoms with Gasteiger partial charge < -0.3 is 41.0 Å². The summed E-state index contributed by atoms with van der Waals surface area (Å²) in [6.07, 6.45) is 45.1. The van der Waals surface area contributed by atoms with Gasteiger partial charge in [-0.1, -0.05) is 219 Å². The number of ether oxygens (including phenoxy) is 2. The van der Waals surface area contributed by atoms with E-state index in [1.54, 1.807) is 6.92 Å². The minimum Gasteiger partial charge on any atom is -0.481 e. The maximum Gasteiger partial charge on any atom is 0.314 e. The summed E-state index contributed by atoms with van der Waals surface area (Å²) in [5.74, 6) is -3.52. The lowest BCUT2D eigenvalue weighted by molar-refractivity contribution is -0.164. The number of esters is 2. The summed E-state index contributed by atoms with van der Waals surface area (Å²) in [5, 5.41) is 31.2. The number of urea groups is 2. The van der Waals surface area contributed by atoms with E-state index in [9.17, 15) is 48.6 Å². The molecule has 6 aliphatic carbocycles. The van der Waals surface area contributed by atoms with Crippen LogP contribution in [-0.4, -0.2) is 96.1 Å². The largest absolute Gasteiger partial charge is 0.481 e. The highest BCUT2D eigenvalue weighted by molar-refractivity contribution is 6.02. The van der Waals surface area contributed by atoms with E-state index in [0.717, 1.165) is 162 Å². The van der Waals surface area contributed by atoms with E-state index < -0.39 is 74.5 Å². The summed E-state index contributed by atoms with van der Waals surface area (Å²) >= 11 is 0. The molecule has 95 heavy (non-hydrogen) atoms. The smallest absolute Gasteiger partial charge is 0.314 e. The Labute approximate surface area is 567 Å². The zero-order chi connectivity index (χ0) is 69.6. The Morgan fingerprint density at radius 2 is 0.789 bits per heavy atom. The van der Waals surface area contributed by atoms with Crippen LogP contribution >= 0.6 is 0 Å². The van der Waals surface area contributed by atoms with Crippen LogP contribution in [0, 0.1) is 38.4 Å². The van der Waals surface area contributed by atoms with Crippen molar-refractivity contribution in [3.8, 4) is 0 Å². The molecule has 3 unspecified atom stereocenters. The Morgan fingerprint density at radius 1 is 0.463 bits per heavy atom. The Bertz CT molecular complexity index is 3130. The molecule has 522 valence electrons.